The number of rotatable bonds is 7. The maximum atomic E-state index is 12.4. The van der Waals surface area contributed by atoms with E-state index in [4.69, 9.17) is 9.63 Å². The van der Waals surface area contributed by atoms with E-state index in [1.54, 1.807) is 6.92 Å². The molecule has 0 bridgehead atoms. The molecule has 3 aromatic rings. The number of carboxylic acid groups (broad SMARTS) is 1. The van der Waals surface area contributed by atoms with Crippen molar-refractivity contribution in [1.82, 2.24) is 5.16 Å². The summed E-state index contributed by atoms with van der Waals surface area (Å²) < 4.78 is 58.9. The number of carbonyl (C=O) groups is 1. The number of nitrogens with zero attached hydrogens (tertiary/aromatic N) is 1. The summed E-state index contributed by atoms with van der Waals surface area (Å²) in [4.78, 5) is 10.7. The van der Waals surface area contributed by atoms with Crippen molar-refractivity contribution in [2.75, 3.05) is 9.44 Å². The summed E-state index contributed by atoms with van der Waals surface area (Å²) in [7, 11) is -8.01. The van der Waals surface area contributed by atoms with Crippen LogP contribution < -0.4 is 9.44 Å². The number of aryl methyl sites for hydroxylation is 1. The highest BCUT2D eigenvalue weighted by Gasteiger charge is 2.19. The Labute approximate surface area is 166 Å². The zero-order chi connectivity index (χ0) is 21.2. The van der Waals surface area contributed by atoms with E-state index in [0.717, 1.165) is 6.07 Å². The molecule has 0 radical (unpaired) electrons. The lowest BCUT2D eigenvalue weighted by molar-refractivity contribution is 0.0696. The lowest BCUT2D eigenvalue weighted by Crippen LogP contribution is -2.15. The number of nitrogens with one attached hydrogen (secondary N) is 2. The molecule has 0 fully saturated rings. The van der Waals surface area contributed by atoms with Crippen LogP contribution >= 0.6 is 0 Å². The highest BCUT2D eigenvalue weighted by atomic mass is 32.2. The van der Waals surface area contributed by atoms with E-state index in [1.165, 1.54) is 48.5 Å². The third-order valence-corrected chi connectivity index (χ3v) is 6.42. The van der Waals surface area contributed by atoms with Crippen LogP contribution in [0.2, 0.25) is 0 Å². The van der Waals surface area contributed by atoms with Crippen molar-refractivity contribution in [2.24, 2.45) is 0 Å². The average Bonchev–Trinajstić information content (AvgIpc) is 3.06. The molecule has 10 nitrogen and oxygen atoms in total. The van der Waals surface area contributed by atoms with E-state index in [-0.39, 0.29) is 26.9 Å². The van der Waals surface area contributed by atoms with Gasteiger partial charge in [-0.25, -0.2) is 21.6 Å². The molecule has 0 saturated carbocycles. The van der Waals surface area contributed by atoms with Crippen LogP contribution in [0, 0.1) is 6.92 Å². The average molecular weight is 437 g/mol. The van der Waals surface area contributed by atoms with Gasteiger partial charge in [-0.3, -0.25) is 9.44 Å². The highest BCUT2D eigenvalue weighted by Crippen LogP contribution is 2.21. The molecule has 0 saturated heterocycles. The molecule has 0 aliphatic heterocycles. The van der Waals surface area contributed by atoms with Crippen molar-refractivity contribution in [1.29, 1.82) is 0 Å². The molecular weight excluding hydrogens is 422 g/mol. The van der Waals surface area contributed by atoms with Crippen LogP contribution in [-0.2, 0) is 20.0 Å². The van der Waals surface area contributed by atoms with Gasteiger partial charge in [0, 0.05) is 11.8 Å². The predicted octanol–water partition coefficient (Wildman–Crippen LogP) is 2.28. The molecule has 29 heavy (non-hydrogen) atoms. The first-order chi connectivity index (χ1) is 13.6. The Hall–Kier alpha value is -3.38. The second kappa shape index (κ2) is 7.56. The van der Waals surface area contributed by atoms with E-state index >= 15 is 0 Å². The van der Waals surface area contributed by atoms with Gasteiger partial charge < -0.3 is 9.63 Å². The molecule has 0 aliphatic rings. The van der Waals surface area contributed by atoms with Crippen molar-refractivity contribution in [3.8, 4) is 0 Å². The van der Waals surface area contributed by atoms with E-state index in [1.807, 2.05) is 0 Å². The summed E-state index contributed by atoms with van der Waals surface area (Å²) in [5.74, 6) is -0.809. The van der Waals surface area contributed by atoms with Crippen LogP contribution in [-0.4, -0.2) is 33.1 Å². The van der Waals surface area contributed by atoms with Crippen LogP contribution in [0.4, 0.5) is 11.5 Å². The van der Waals surface area contributed by atoms with Crippen molar-refractivity contribution in [3.63, 3.8) is 0 Å². The predicted molar refractivity (Wildman–Crippen MR) is 103 cm³/mol. The molecule has 0 atom stereocenters. The minimum Gasteiger partial charge on any atom is -0.478 e. The second-order valence-electron chi connectivity index (χ2n) is 5.89. The fraction of sp³-hybridized carbons (Fsp3) is 0.0588. The summed E-state index contributed by atoms with van der Waals surface area (Å²) in [5, 5.41) is 12.5. The van der Waals surface area contributed by atoms with Gasteiger partial charge >= 0.3 is 5.97 Å². The zero-order valence-corrected chi connectivity index (χ0v) is 16.5. The number of aromatic carboxylic acids is 1. The molecule has 12 heteroatoms. The third kappa shape index (κ3) is 4.73. The minimum atomic E-state index is -4.06. The Kier molecular flexibility index (Phi) is 5.31. The van der Waals surface area contributed by atoms with E-state index in [0.29, 0.717) is 5.76 Å². The normalized spacial score (nSPS) is 11.8. The first-order valence-electron chi connectivity index (χ1n) is 7.99. The SMILES string of the molecule is Cc1cc(NS(=O)(=O)c2ccc(NS(=O)(=O)c3cccc(C(=O)O)c3)cc2)no1. The molecular formula is C17H15N3O7S2. The van der Waals surface area contributed by atoms with Crippen LogP contribution in [0.5, 0.6) is 0 Å². The number of benzene rings is 2. The van der Waals surface area contributed by atoms with Crippen molar-refractivity contribution < 1.29 is 31.3 Å². The molecule has 2 aromatic carbocycles. The van der Waals surface area contributed by atoms with Gasteiger partial charge in [0.25, 0.3) is 20.0 Å². The molecule has 0 unspecified atom stereocenters. The van der Waals surface area contributed by atoms with Gasteiger partial charge in [0.1, 0.15) is 5.76 Å². The maximum Gasteiger partial charge on any atom is 0.335 e. The zero-order valence-electron chi connectivity index (χ0n) is 14.9. The Morgan fingerprint density at radius 1 is 0.931 bits per heavy atom. The minimum absolute atomic E-state index is 0.0191. The monoisotopic (exact) mass is 437 g/mol. The molecule has 0 spiro atoms. The molecule has 3 N–H and O–H groups in total. The Bertz CT molecular complexity index is 1260. The first-order valence-corrected chi connectivity index (χ1v) is 11.0. The number of aromatic nitrogens is 1. The van der Waals surface area contributed by atoms with Gasteiger partial charge in [0.15, 0.2) is 5.82 Å². The maximum absolute atomic E-state index is 12.4. The molecule has 1 heterocycles. The van der Waals surface area contributed by atoms with E-state index in [2.05, 4.69) is 14.6 Å². The van der Waals surface area contributed by atoms with Crippen LogP contribution in [0.15, 0.2) is 68.9 Å². The molecule has 1 aromatic heterocycles. The van der Waals surface area contributed by atoms with E-state index < -0.39 is 26.0 Å². The highest BCUT2D eigenvalue weighted by molar-refractivity contribution is 7.93. The van der Waals surface area contributed by atoms with Crippen molar-refractivity contribution in [2.45, 2.75) is 16.7 Å². The lowest BCUT2D eigenvalue weighted by atomic mass is 10.2. The summed E-state index contributed by atoms with van der Waals surface area (Å²) in [6, 6.07) is 11.2. The summed E-state index contributed by atoms with van der Waals surface area (Å²) in [5.41, 5.74) is -0.0783. The van der Waals surface area contributed by atoms with Gasteiger partial charge in [0.05, 0.1) is 15.4 Å². The molecule has 3 rings (SSSR count). The lowest BCUT2D eigenvalue weighted by Gasteiger charge is -2.10. The fourth-order valence-corrected chi connectivity index (χ4v) is 4.41. The Morgan fingerprint density at radius 2 is 1.59 bits per heavy atom. The summed E-state index contributed by atoms with van der Waals surface area (Å²) in [6.45, 7) is 1.61. The number of hydrogen-bond donors (Lipinski definition) is 3. The number of anilines is 2. The topological polar surface area (TPSA) is 156 Å². The number of sulfonamides is 2. The van der Waals surface area contributed by atoms with Gasteiger partial charge in [-0.15, -0.1) is 0 Å². The van der Waals surface area contributed by atoms with Crippen molar-refractivity contribution >= 4 is 37.5 Å². The quantitative estimate of drug-likeness (QED) is 0.508. The largest absolute Gasteiger partial charge is 0.478 e. The Morgan fingerprint density at radius 3 is 2.17 bits per heavy atom. The summed E-state index contributed by atoms with van der Waals surface area (Å²) in [6.07, 6.45) is 0. The van der Waals surface area contributed by atoms with Gasteiger partial charge in [0.2, 0.25) is 0 Å². The van der Waals surface area contributed by atoms with E-state index in [9.17, 15) is 21.6 Å². The fourth-order valence-electron chi connectivity index (χ4n) is 2.32. The van der Waals surface area contributed by atoms with Crippen LogP contribution in [0.1, 0.15) is 16.1 Å². The first kappa shape index (κ1) is 20.4. The smallest absolute Gasteiger partial charge is 0.335 e. The van der Waals surface area contributed by atoms with Gasteiger partial charge in [-0.2, -0.15) is 0 Å². The third-order valence-electron chi connectivity index (χ3n) is 3.68. The van der Waals surface area contributed by atoms with Gasteiger partial charge in [-0.05, 0) is 49.4 Å². The van der Waals surface area contributed by atoms with Crippen LogP contribution in [0.25, 0.3) is 0 Å². The second-order valence-corrected chi connectivity index (χ2v) is 9.26. The molecule has 0 aliphatic carbocycles. The van der Waals surface area contributed by atoms with Crippen LogP contribution in [0.3, 0.4) is 0 Å². The van der Waals surface area contributed by atoms with Gasteiger partial charge in [-0.1, -0.05) is 11.2 Å². The summed E-state index contributed by atoms with van der Waals surface area (Å²) >= 11 is 0. The molecule has 152 valence electrons. The van der Waals surface area contributed by atoms with Crippen molar-refractivity contribution in [3.05, 3.63) is 65.9 Å². The number of carboxylic acids is 1. The standard InChI is InChI=1S/C17H15N3O7S2/c1-11-9-16(18-27-11)20-28(23,24)14-7-5-13(6-8-14)19-29(25,26)15-4-2-3-12(10-15)17(21)22/h2-10,19H,1H3,(H,18,20)(H,21,22). The molecule has 0 amide bonds. The Balaban J connectivity index is 1.79. The number of hydrogen-bond acceptors (Lipinski definition) is 7.